The molecule has 5 heteroatoms. The minimum absolute atomic E-state index is 0.0601. The first-order chi connectivity index (χ1) is 8.63. The first kappa shape index (κ1) is 12.3. The van der Waals surface area contributed by atoms with Gasteiger partial charge in [0.05, 0.1) is 22.9 Å². The number of hydrogen-bond acceptors (Lipinski definition) is 5. The van der Waals surface area contributed by atoms with E-state index in [1.807, 2.05) is 6.07 Å². The largest absolute Gasteiger partial charge is 0.512 e. The predicted octanol–water partition coefficient (Wildman–Crippen LogP) is 1.52. The summed E-state index contributed by atoms with van der Waals surface area (Å²) in [7, 11) is 0. The van der Waals surface area contributed by atoms with E-state index in [4.69, 9.17) is 11.0 Å². The van der Waals surface area contributed by atoms with Crippen molar-refractivity contribution in [3.8, 4) is 6.07 Å². The highest BCUT2D eigenvalue weighted by molar-refractivity contribution is 5.97. The first-order valence-corrected chi connectivity index (χ1v) is 5.70. The highest BCUT2D eigenvalue weighted by atomic mass is 16.3. The van der Waals surface area contributed by atoms with E-state index in [1.54, 1.807) is 12.1 Å². The van der Waals surface area contributed by atoms with Crippen molar-refractivity contribution in [3.05, 3.63) is 40.9 Å². The Morgan fingerprint density at radius 1 is 1.44 bits per heavy atom. The zero-order valence-corrected chi connectivity index (χ0v) is 9.76. The van der Waals surface area contributed by atoms with Crippen molar-refractivity contribution in [2.75, 3.05) is 0 Å². The lowest BCUT2D eigenvalue weighted by Gasteiger charge is -2.20. The maximum atomic E-state index is 11.8. The minimum Gasteiger partial charge on any atom is -0.512 e. The fourth-order valence-corrected chi connectivity index (χ4v) is 2.00. The third-order valence-electron chi connectivity index (χ3n) is 2.97. The second kappa shape index (κ2) is 4.98. The first-order valence-electron chi connectivity index (χ1n) is 5.70. The minimum atomic E-state index is -0.731. The molecule has 2 rings (SSSR count). The average molecular weight is 243 g/mol. The Balaban J connectivity index is 2.33. The summed E-state index contributed by atoms with van der Waals surface area (Å²) >= 11 is 0. The Morgan fingerprint density at radius 3 is 2.78 bits per heavy atom. The predicted molar refractivity (Wildman–Crippen MR) is 64.4 cm³/mol. The van der Waals surface area contributed by atoms with E-state index in [2.05, 4.69) is 4.98 Å². The van der Waals surface area contributed by atoms with Crippen LogP contribution < -0.4 is 5.73 Å². The molecule has 1 aliphatic rings. The molecule has 0 amide bonds. The van der Waals surface area contributed by atoms with Gasteiger partial charge in [-0.15, -0.1) is 0 Å². The van der Waals surface area contributed by atoms with Gasteiger partial charge in [-0.1, -0.05) is 0 Å². The lowest BCUT2D eigenvalue weighted by atomic mass is 9.90. The van der Waals surface area contributed by atoms with E-state index in [-0.39, 0.29) is 17.1 Å². The summed E-state index contributed by atoms with van der Waals surface area (Å²) < 4.78 is 0. The molecule has 3 N–H and O–H groups in total. The molecular weight excluding hydrogens is 230 g/mol. The van der Waals surface area contributed by atoms with Crippen molar-refractivity contribution in [1.29, 1.82) is 5.26 Å². The lowest BCUT2D eigenvalue weighted by Crippen LogP contribution is -2.24. The molecule has 0 aliphatic heterocycles. The monoisotopic (exact) mass is 243 g/mol. The summed E-state index contributed by atoms with van der Waals surface area (Å²) in [6.45, 7) is 0. The summed E-state index contributed by atoms with van der Waals surface area (Å²) in [6.07, 6.45) is 2.94. The number of aliphatic hydroxyl groups is 1. The molecular formula is C13H13N3O2. The smallest absolute Gasteiger partial charge is 0.164 e. The van der Waals surface area contributed by atoms with Gasteiger partial charge < -0.3 is 10.8 Å². The molecule has 1 heterocycles. The van der Waals surface area contributed by atoms with Gasteiger partial charge >= 0.3 is 0 Å². The third-order valence-corrected chi connectivity index (χ3v) is 2.97. The van der Waals surface area contributed by atoms with E-state index < -0.39 is 6.04 Å². The average Bonchev–Trinajstić information content (AvgIpc) is 2.38. The molecule has 0 aromatic carbocycles. The fourth-order valence-electron chi connectivity index (χ4n) is 2.00. The number of hydrogen-bond donors (Lipinski definition) is 2. The molecule has 1 aromatic rings. The Bertz CT molecular complexity index is 540. The molecule has 0 saturated heterocycles. The number of nitriles is 1. The molecule has 92 valence electrons. The number of nitrogens with two attached hydrogens (primary N) is 1. The van der Waals surface area contributed by atoms with E-state index in [9.17, 15) is 9.90 Å². The molecule has 0 bridgehead atoms. The number of allylic oxidation sites excluding steroid dienone is 1. The van der Waals surface area contributed by atoms with Gasteiger partial charge in [-0.2, -0.15) is 5.26 Å². The van der Waals surface area contributed by atoms with Crippen molar-refractivity contribution >= 4 is 5.78 Å². The topological polar surface area (TPSA) is 100 Å². The Hall–Kier alpha value is -2.19. The van der Waals surface area contributed by atoms with Gasteiger partial charge in [0.15, 0.2) is 5.78 Å². The Labute approximate surface area is 105 Å². The van der Waals surface area contributed by atoms with E-state index >= 15 is 0 Å². The summed E-state index contributed by atoms with van der Waals surface area (Å²) in [5.41, 5.74) is 7.11. The van der Waals surface area contributed by atoms with E-state index in [1.165, 1.54) is 6.20 Å². The second-order valence-corrected chi connectivity index (χ2v) is 4.20. The molecule has 1 atom stereocenters. The summed E-state index contributed by atoms with van der Waals surface area (Å²) in [5.74, 6) is -0.0673. The van der Waals surface area contributed by atoms with Gasteiger partial charge in [-0.3, -0.25) is 9.78 Å². The van der Waals surface area contributed by atoms with Crippen LogP contribution in [0.5, 0.6) is 0 Å². The van der Waals surface area contributed by atoms with Crippen LogP contribution in [0.25, 0.3) is 0 Å². The van der Waals surface area contributed by atoms with Crippen LogP contribution in [0.4, 0.5) is 0 Å². The van der Waals surface area contributed by atoms with Crippen LogP contribution >= 0.6 is 0 Å². The van der Waals surface area contributed by atoms with Crippen molar-refractivity contribution < 1.29 is 9.90 Å². The summed E-state index contributed by atoms with van der Waals surface area (Å²) in [6, 6.07) is 4.42. The zero-order chi connectivity index (χ0) is 13.1. The molecule has 18 heavy (non-hydrogen) atoms. The van der Waals surface area contributed by atoms with Gasteiger partial charge in [-0.05, 0) is 18.6 Å². The molecule has 5 nitrogen and oxygen atoms in total. The summed E-state index contributed by atoms with van der Waals surface area (Å²) in [5, 5.41) is 18.4. The van der Waals surface area contributed by atoms with Gasteiger partial charge in [0.25, 0.3) is 0 Å². The van der Waals surface area contributed by atoms with Crippen molar-refractivity contribution in [1.82, 2.24) is 4.98 Å². The number of carbonyl (C=O) groups excluding carboxylic acids is 1. The Kier molecular flexibility index (Phi) is 3.40. The van der Waals surface area contributed by atoms with Gasteiger partial charge in [0.2, 0.25) is 0 Å². The third kappa shape index (κ3) is 2.24. The number of aromatic nitrogens is 1. The number of ketones is 1. The quantitative estimate of drug-likeness (QED) is 0.820. The number of pyridine rings is 1. The van der Waals surface area contributed by atoms with Crippen LogP contribution in [-0.4, -0.2) is 15.9 Å². The standard InChI is InChI=1S/C13H13N3O2/c14-6-8-4-5-9(16-7-8)13(15)12-10(17)2-1-3-11(12)18/h4-5,7,13,17H,1-3,15H2. The Morgan fingerprint density at radius 2 is 2.22 bits per heavy atom. The van der Waals surface area contributed by atoms with Gasteiger partial charge in [-0.25, -0.2) is 0 Å². The maximum Gasteiger partial charge on any atom is 0.164 e. The van der Waals surface area contributed by atoms with Gasteiger partial charge in [0.1, 0.15) is 11.8 Å². The van der Waals surface area contributed by atoms with Crippen LogP contribution in [-0.2, 0) is 4.79 Å². The normalized spacial score (nSPS) is 17.4. The molecule has 0 saturated carbocycles. The lowest BCUT2D eigenvalue weighted by molar-refractivity contribution is -0.116. The molecule has 1 aromatic heterocycles. The van der Waals surface area contributed by atoms with E-state index in [0.29, 0.717) is 30.5 Å². The maximum absolute atomic E-state index is 11.8. The molecule has 1 aliphatic carbocycles. The van der Waals surface area contributed by atoms with Gasteiger partial charge in [0, 0.05) is 19.0 Å². The SMILES string of the molecule is N#Cc1ccc(C(N)C2=C(O)CCCC2=O)nc1. The number of carbonyl (C=O) groups is 1. The number of aliphatic hydroxyl groups excluding tert-OH is 1. The molecule has 0 fully saturated rings. The molecule has 1 unspecified atom stereocenters. The van der Waals surface area contributed by atoms with E-state index in [0.717, 1.165) is 0 Å². The molecule has 0 radical (unpaired) electrons. The number of nitrogens with zero attached hydrogens (tertiary/aromatic N) is 2. The fraction of sp³-hybridized carbons (Fsp3) is 0.308. The van der Waals surface area contributed by atoms with Crippen LogP contribution in [0.15, 0.2) is 29.7 Å². The zero-order valence-electron chi connectivity index (χ0n) is 9.76. The molecule has 0 spiro atoms. The van der Waals surface area contributed by atoms with Crippen molar-refractivity contribution in [3.63, 3.8) is 0 Å². The van der Waals surface area contributed by atoms with Crippen molar-refractivity contribution in [2.24, 2.45) is 5.73 Å². The van der Waals surface area contributed by atoms with Crippen LogP contribution in [0, 0.1) is 11.3 Å². The van der Waals surface area contributed by atoms with Crippen LogP contribution in [0.3, 0.4) is 0 Å². The van der Waals surface area contributed by atoms with Crippen LogP contribution in [0.1, 0.15) is 36.6 Å². The number of Topliss-reactive ketones (excluding diaryl/α,β-unsaturated/α-hetero) is 1. The highest BCUT2D eigenvalue weighted by Crippen LogP contribution is 2.28. The highest BCUT2D eigenvalue weighted by Gasteiger charge is 2.27. The van der Waals surface area contributed by atoms with Crippen LogP contribution in [0.2, 0.25) is 0 Å². The van der Waals surface area contributed by atoms with Crippen molar-refractivity contribution in [2.45, 2.75) is 25.3 Å². The number of rotatable bonds is 2. The summed E-state index contributed by atoms with van der Waals surface area (Å²) in [4.78, 5) is 15.8. The second-order valence-electron chi connectivity index (χ2n) is 4.20.